The highest BCUT2D eigenvalue weighted by molar-refractivity contribution is 9.10. The number of piperidine rings is 1. The molecule has 0 atom stereocenters. The molecule has 0 aliphatic carbocycles. The van der Waals surface area contributed by atoms with Crippen LogP contribution >= 0.6 is 15.9 Å². The minimum Gasteiger partial charge on any atom is -0.493 e. The van der Waals surface area contributed by atoms with Crippen LogP contribution in [0.4, 0.5) is 0 Å². The van der Waals surface area contributed by atoms with Gasteiger partial charge in [0.2, 0.25) is 23.4 Å². The van der Waals surface area contributed by atoms with E-state index in [1.807, 2.05) is 30.3 Å². The normalized spacial score (nSPS) is 14.5. The van der Waals surface area contributed by atoms with Gasteiger partial charge < -0.3 is 24.1 Å². The van der Waals surface area contributed by atoms with E-state index in [1.165, 1.54) is 0 Å². The number of hydrogen-bond acceptors (Lipinski definition) is 8. The van der Waals surface area contributed by atoms with Gasteiger partial charge in [-0.15, -0.1) is 0 Å². The van der Waals surface area contributed by atoms with Gasteiger partial charge in [-0.05, 0) is 62.3 Å². The van der Waals surface area contributed by atoms with E-state index < -0.39 is 0 Å². The minimum atomic E-state index is -0.0431. The number of nitrogens with one attached hydrogen (secondary N) is 1. The molecule has 1 fully saturated rings. The first kappa shape index (κ1) is 25.0. The van der Waals surface area contributed by atoms with Crippen molar-refractivity contribution >= 4 is 21.8 Å². The van der Waals surface area contributed by atoms with Gasteiger partial charge in [-0.25, -0.2) is 0 Å². The SMILES string of the molecule is COc1ccc(CNC(=O)C2CCN(Cc3nc(-c4ccc(Br)cc4)no3)CC2)c(OC)c1OC. The number of carbonyl (C=O) groups is 1. The molecule has 1 amide bonds. The van der Waals surface area contributed by atoms with E-state index in [0.29, 0.717) is 42.1 Å². The lowest BCUT2D eigenvalue weighted by Crippen LogP contribution is -2.40. The Labute approximate surface area is 212 Å². The fourth-order valence-electron chi connectivity index (χ4n) is 4.21. The number of rotatable bonds is 9. The minimum absolute atomic E-state index is 0.0387. The van der Waals surface area contributed by atoms with Crippen LogP contribution in [0, 0.1) is 5.92 Å². The zero-order chi connectivity index (χ0) is 24.8. The topological polar surface area (TPSA) is 99.0 Å². The smallest absolute Gasteiger partial charge is 0.241 e. The fraction of sp³-hybridized carbons (Fsp3) is 0.400. The molecule has 2 aromatic carbocycles. The largest absolute Gasteiger partial charge is 0.493 e. The van der Waals surface area contributed by atoms with Crippen molar-refractivity contribution in [1.82, 2.24) is 20.4 Å². The van der Waals surface area contributed by atoms with Crippen molar-refractivity contribution in [2.45, 2.75) is 25.9 Å². The Morgan fingerprint density at radius 3 is 2.43 bits per heavy atom. The summed E-state index contributed by atoms with van der Waals surface area (Å²) in [5.74, 6) is 2.80. The van der Waals surface area contributed by atoms with Crippen LogP contribution in [-0.4, -0.2) is 55.4 Å². The van der Waals surface area contributed by atoms with Gasteiger partial charge in [-0.3, -0.25) is 9.69 Å². The average molecular weight is 545 g/mol. The number of carbonyl (C=O) groups excluding carboxylic acids is 1. The highest BCUT2D eigenvalue weighted by atomic mass is 79.9. The van der Waals surface area contributed by atoms with Crippen LogP contribution in [0.15, 0.2) is 45.4 Å². The zero-order valence-electron chi connectivity index (χ0n) is 20.0. The van der Waals surface area contributed by atoms with Crippen LogP contribution in [0.25, 0.3) is 11.4 Å². The van der Waals surface area contributed by atoms with Crippen molar-refractivity contribution in [3.05, 3.63) is 52.3 Å². The number of likely N-dealkylation sites (tertiary alicyclic amines) is 1. The van der Waals surface area contributed by atoms with Gasteiger partial charge in [0.1, 0.15) is 0 Å². The number of halogens is 1. The zero-order valence-corrected chi connectivity index (χ0v) is 21.6. The van der Waals surface area contributed by atoms with Crippen LogP contribution in [-0.2, 0) is 17.9 Å². The van der Waals surface area contributed by atoms with E-state index >= 15 is 0 Å². The summed E-state index contributed by atoms with van der Waals surface area (Å²) >= 11 is 3.43. The van der Waals surface area contributed by atoms with Gasteiger partial charge in [-0.1, -0.05) is 21.1 Å². The quantitative estimate of drug-likeness (QED) is 0.430. The molecule has 0 spiro atoms. The van der Waals surface area contributed by atoms with Crippen molar-refractivity contribution in [2.24, 2.45) is 5.92 Å². The molecule has 0 unspecified atom stereocenters. The summed E-state index contributed by atoms with van der Waals surface area (Å²) in [6.07, 6.45) is 1.53. The molecule has 0 saturated carbocycles. The average Bonchev–Trinajstić information content (AvgIpc) is 3.35. The summed E-state index contributed by atoms with van der Waals surface area (Å²) in [7, 11) is 4.71. The Bertz CT molecular complexity index is 1140. The molecule has 1 N–H and O–H groups in total. The highest BCUT2D eigenvalue weighted by Gasteiger charge is 2.26. The maximum atomic E-state index is 12.8. The molecular formula is C25H29BrN4O5. The monoisotopic (exact) mass is 544 g/mol. The van der Waals surface area contributed by atoms with Crippen LogP contribution < -0.4 is 19.5 Å². The Balaban J connectivity index is 1.28. The standard InChI is InChI=1S/C25H29BrN4O5/c1-32-20-9-6-18(22(33-2)23(20)34-3)14-27-25(31)17-10-12-30(13-11-17)15-21-28-24(29-35-21)16-4-7-19(26)8-5-16/h4-9,17H,10-15H2,1-3H3,(H,27,31). The molecule has 35 heavy (non-hydrogen) atoms. The molecule has 1 aliphatic rings. The van der Waals surface area contributed by atoms with Crippen LogP contribution in [0.3, 0.4) is 0 Å². The molecule has 1 saturated heterocycles. The van der Waals surface area contributed by atoms with E-state index in [2.05, 4.69) is 36.3 Å². The summed E-state index contributed by atoms with van der Waals surface area (Å²) in [5.41, 5.74) is 1.73. The molecule has 0 bridgehead atoms. The predicted octanol–water partition coefficient (Wildman–Crippen LogP) is 4.05. The molecule has 186 valence electrons. The van der Waals surface area contributed by atoms with E-state index in [4.69, 9.17) is 18.7 Å². The van der Waals surface area contributed by atoms with Gasteiger partial charge >= 0.3 is 0 Å². The van der Waals surface area contributed by atoms with Crippen molar-refractivity contribution in [3.8, 4) is 28.6 Å². The Morgan fingerprint density at radius 2 is 1.77 bits per heavy atom. The number of ether oxygens (including phenoxy) is 3. The molecule has 4 rings (SSSR count). The van der Waals surface area contributed by atoms with Crippen molar-refractivity contribution in [1.29, 1.82) is 0 Å². The Hall–Kier alpha value is -3.11. The van der Waals surface area contributed by atoms with E-state index in [0.717, 1.165) is 41.5 Å². The highest BCUT2D eigenvalue weighted by Crippen LogP contribution is 2.39. The maximum Gasteiger partial charge on any atom is 0.241 e. The number of amides is 1. The molecule has 2 heterocycles. The van der Waals surface area contributed by atoms with E-state index in [-0.39, 0.29) is 11.8 Å². The van der Waals surface area contributed by atoms with E-state index in [9.17, 15) is 4.79 Å². The third kappa shape index (κ3) is 5.94. The molecular weight excluding hydrogens is 516 g/mol. The summed E-state index contributed by atoms with van der Waals surface area (Å²) in [4.78, 5) is 19.6. The van der Waals surface area contributed by atoms with Crippen LogP contribution in [0.5, 0.6) is 17.2 Å². The molecule has 9 nitrogen and oxygen atoms in total. The van der Waals surface area contributed by atoms with Crippen molar-refractivity contribution < 1.29 is 23.5 Å². The molecule has 10 heteroatoms. The predicted molar refractivity (Wildman–Crippen MR) is 133 cm³/mol. The number of aromatic nitrogens is 2. The lowest BCUT2D eigenvalue weighted by molar-refractivity contribution is -0.126. The second kappa shape index (κ2) is 11.5. The molecule has 1 aliphatic heterocycles. The first-order valence-corrected chi connectivity index (χ1v) is 12.2. The lowest BCUT2D eigenvalue weighted by Gasteiger charge is -2.30. The summed E-state index contributed by atoms with van der Waals surface area (Å²) < 4.78 is 22.7. The maximum absolute atomic E-state index is 12.8. The number of nitrogens with zero attached hydrogens (tertiary/aromatic N) is 3. The fourth-order valence-corrected chi connectivity index (χ4v) is 4.47. The molecule has 1 aromatic heterocycles. The summed E-state index contributed by atoms with van der Waals surface area (Å²) in [6, 6.07) is 11.5. The van der Waals surface area contributed by atoms with Gasteiger partial charge in [0.25, 0.3) is 0 Å². The van der Waals surface area contributed by atoms with Crippen LogP contribution in [0.1, 0.15) is 24.3 Å². The van der Waals surface area contributed by atoms with Crippen molar-refractivity contribution in [3.63, 3.8) is 0 Å². The molecule has 3 aromatic rings. The van der Waals surface area contributed by atoms with Crippen molar-refractivity contribution in [2.75, 3.05) is 34.4 Å². The Kier molecular flexibility index (Phi) is 8.25. The lowest BCUT2D eigenvalue weighted by atomic mass is 9.96. The number of benzene rings is 2. The summed E-state index contributed by atoms with van der Waals surface area (Å²) in [6.45, 7) is 2.49. The second-order valence-electron chi connectivity index (χ2n) is 8.28. The second-order valence-corrected chi connectivity index (χ2v) is 9.20. The third-order valence-electron chi connectivity index (χ3n) is 6.13. The van der Waals surface area contributed by atoms with Gasteiger partial charge in [-0.2, -0.15) is 4.98 Å². The Morgan fingerprint density at radius 1 is 1.06 bits per heavy atom. The van der Waals surface area contributed by atoms with Crippen LogP contribution in [0.2, 0.25) is 0 Å². The third-order valence-corrected chi connectivity index (χ3v) is 6.66. The first-order chi connectivity index (χ1) is 17.0. The number of methoxy groups -OCH3 is 3. The number of hydrogen-bond donors (Lipinski definition) is 1. The first-order valence-electron chi connectivity index (χ1n) is 11.4. The van der Waals surface area contributed by atoms with Gasteiger partial charge in [0.05, 0.1) is 27.9 Å². The van der Waals surface area contributed by atoms with Gasteiger partial charge in [0.15, 0.2) is 11.5 Å². The van der Waals surface area contributed by atoms with E-state index in [1.54, 1.807) is 27.4 Å². The van der Waals surface area contributed by atoms with Gasteiger partial charge in [0, 0.05) is 28.1 Å². The molecule has 0 radical (unpaired) electrons. The summed E-state index contributed by atoms with van der Waals surface area (Å²) in [5, 5.41) is 7.14.